The fourth-order valence-electron chi connectivity index (χ4n) is 3.18. The van der Waals surface area contributed by atoms with Crippen LogP contribution in [0.2, 0.25) is 10.0 Å². The highest BCUT2D eigenvalue weighted by Crippen LogP contribution is 2.39. The van der Waals surface area contributed by atoms with Gasteiger partial charge in [0, 0.05) is 21.7 Å². The fraction of sp³-hybridized carbons (Fsp3) is 0. The molecule has 0 aliphatic heterocycles. The lowest BCUT2D eigenvalue weighted by Gasteiger charge is -2.22. The van der Waals surface area contributed by atoms with Crippen molar-refractivity contribution in [1.29, 1.82) is 0 Å². The number of ketones is 2. The summed E-state index contributed by atoms with van der Waals surface area (Å²) in [7, 11) is 0. The van der Waals surface area contributed by atoms with Gasteiger partial charge >= 0.3 is 0 Å². The summed E-state index contributed by atoms with van der Waals surface area (Å²) in [5.41, 5.74) is 7.02. The molecule has 1 aliphatic carbocycles. The molecule has 0 saturated heterocycles. The van der Waals surface area contributed by atoms with Crippen molar-refractivity contribution in [2.24, 2.45) is 0 Å². The van der Waals surface area contributed by atoms with Crippen LogP contribution in [-0.2, 0) is 0 Å². The molecule has 0 aromatic heterocycles. The predicted octanol–water partition coefficient (Wildman–Crippen LogP) is 4.60. The zero-order valence-electron chi connectivity index (χ0n) is 14.3. The van der Waals surface area contributed by atoms with Crippen LogP contribution >= 0.6 is 23.2 Å². The summed E-state index contributed by atoms with van der Waals surface area (Å²) in [5, 5.41) is 3.22. The molecule has 0 spiro atoms. The van der Waals surface area contributed by atoms with E-state index in [4.69, 9.17) is 28.9 Å². The van der Waals surface area contributed by atoms with E-state index in [1.54, 1.807) is 48.5 Å². The number of nitrogens with two attached hydrogens (primary N) is 1. The maximum absolute atomic E-state index is 13.1. The van der Waals surface area contributed by atoms with Gasteiger partial charge in [-0.1, -0.05) is 47.5 Å². The van der Waals surface area contributed by atoms with Crippen molar-refractivity contribution in [2.45, 2.75) is 0 Å². The zero-order valence-corrected chi connectivity index (χ0v) is 15.8. The van der Waals surface area contributed by atoms with Gasteiger partial charge in [0.25, 0.3) is 5.91 Å². The highest BCUT2D eigenvalue weighted by molar-refractivity contribution is 6.38. The number of nitrogens with one attached hydrogen (secondary N) is 1. The summed E-state index contributed by atoms with van der Waals surface area (Å²) in [4.78, 5) is 38.7. The number of halogens is 2. The number of benzene rings is 3. The van der Waals surface area contributed by atoms with Crippen molar-refractivity contribution in [1.82, 2.24) is 0 Å². The molecule has 3 aromatic rings. The van der Waals surface area contributed by atoms with Crippen molar-refractivity contribution >= 4 is 52.1 Å². The van der Waals surface area contributed by atoms with Crippen molar-refractivity contribution in [3.05, 3.63) is 92.5 Å². The topological polar surface area (TPSA) is 89.3 Å². The Morgan fingerprint density at radius 1 is 0.857 bits per heavy atom. The van der Waals surface area contributed by atoms with E-state index in [-0.39, 0.29) is 38.7 Å². The molecule has 0 bridgehead atoms. The molecule has 138 valence electrons. The van der Waals surface area contributed by atoms with Crippen molar-refractivity contribution in [3.8, 4) is 0 Å². The van der Waals surface area contributed by atoms with Crippen LogP contribution in [0.3, 0.4) is 0 Å². The minimum atomic E-state index is -0.473. The van der Waals surface area contributed by atoms with Crippen LogP contribution in [0.15, 0.2) is 54.6 Å². The van der Waals surface area contributed by atoms with Crippen LogP contribution in [-0.4, -0.2) is 17.5 Å². The van der Waals surface area contributed by atoms with E-state index in [2.05, 4.69) is 5.32 Å². The van der Waals surface area contributed by atoms with Gasteiger partial charge in [0.15, 0.2) is 11.6 Å². The molecule has 0 fully saturated rings. The Kier molecular flexibility index (Phi) is 4.41. The Bertz CT molecular complexity index is 1170. The molecule has 4 rings (SSSR count). The van der Waals surface area contributed by atoms with E-state index in [0.717, 1.165) is 0 Å². The molecule has 7 heteroatoms. The second-order valence-electron chi connectivity index (χ2n) is 6.23. The third kappa shape index (κ3) is 2.85. The molecule has 0 unspecified atom stereocenters. The largest absolute Gasteiger partial charge is 0.397 e. The number of carbonyl (C=O) groups excluding carboxylic acids is 3. The van der Waals surface area contributed by atoms with E-state index in [1.165, 1.54) is 6.07 Å². The van der Waals surface area contributed by atoms with Crippen LogP contribution in [0.5, 0.6) is 0 Å². The second kappa shape index (κ2) is 6.78. The van der Waals surface area contributed by atoms with E-state index >= 15 is 0 Å². The second-order valence-corrected chi connectivity index (χ2v) is 7.08. The van der Waals surface area contributed by atoms with Crippen LogP contribution in [0.4, 0.5) is 11.4 Å². The Labute approximate surface area is 170 Å². The zero-order chi connectivity index (χ0) is 20.0. The smallest absolute Gasteiger partial charge is 0.255 e. The minimum Gasteiger partial charge on any atom is -0.397 e. The number of amides is 1. The number of nitrogen functional groups attached to an aromatic ring is 1. The number of carbonyl (C=O) groups is 3. The first kappa shape index (κ1) is 18.2. The number of hydrogen-bond donors (Lipinski definition) is 2. The van der Waals surface area contributed by atoms with Gasteiger partial charge in [-0.3, -0.25) is 14.4 Å². The van der Waals surface area contributed by atoms with Gasteiger partial charge in [-0.25, -0.2) is 0 Å². The molecule has 3 aromatic carbocycles. The highest BCUT2D eigenvalue weighted by atomic mass is 35.5. The van der Waals surface area contributed by atoms with Crippen molar-refractivity contribution in [2.75, 3.05) is 11.1 Å². The van der Waals surface area contributed by atoms with E-state index in [9.17, 15) is 14.4 Å². The molecule has 1 aliphatic rings. The normalized spacial score (nSPS) is 12.4. The Balaban J connectivity index is 1.85. The molecule has 3 N–H and O–H groups in total. The fourth-order valence-corrected chi connectivity index (χ4v) is 3.51. The Hall–Kier alpha value is -3.15. The minimum absolute atomic E-state index is 0.00241. The third-order valence-electron chi connectivity index (χ3n) is 4.54. The average Bonchev–Trinajstić information content (AvgIpc) is 2.69. The molecule has 0 atom stereocenters. The highest BCUT2D eigenvalue weighted by Gasteiger charge is 2.34. The van der Waals surface area contributed by atoms with Gasteiger partial charge in [0.2, 0.25) is 0 Å². The van der Waals surface area contributed by atoms with Gasteiger partial charge in [-0.2, -0.15) is 0 Å². The lowest BCUT2D eigenvalue weighted by atomic mass is 9.82. The molecule has 0 radical (unpaired) electrons. The first-order chi connectivity index (χ1) is 13.4. The first-order valence-electron chi connectivity index (χ1n) is 8.26. The maximum atomic E-state index is 13.1. The van der Waals surface area contributed by atoms with Gasteiger partial charge < -0.3 is 11.1 Å². The van der Waals surface area contributed by atoms with Gasteiger partial charge in [0.1, 0.15) is 0 Å². The van der Waals surface area contributed by atoms with E-state index in [0.29, 0.717) is 10.6 Å². The predicted molar refractivity (Wildman–Crippen MR) is 109 cm³/mol. The van der Waals surface area contributed by atoms with Crippen LogP contribution in [0.1, 0.15) is 42.2 Å². The molecule has 0 heterocycles. The number of rotatable bonds is 2. The summed E-state index contributed by atoms with van der Waals surface area (Å²) in [5.74, 6) is -1.29. The molecular weight excluding hydrogens is 399 g/mol. The van der Waals surface area contributed by atoms with Crippen molar-refractivity contribution in [3.63, 3.8) is 0 Å². The number of anilines is 2. The third-order valence-corrected chi connectivity index (χ3v) is 5.11. The summed E-state index contributed by atoms with van der Waals surface area (Å²) in [6, 6.07) is 14.1. The van der Waals surface area contributed by atoms with Crippen LogP contribution in [0, 0.1) is 0 Å². The van der Waals surface area contributed by atoms with Crippen molar-refractivity contribution < 1.29 is 14.4 Å². The summed E-state index contributed by atoms with van der Waals surface area (Å²) >= 11 is 12.0. The van der Waals surface area contributed by atoms with Gasteiger partial charge in [-0.15, -0.1) is 0 Å². The number of hydrogen-bond acceptors (Lipinski definition) is 4. The SMILES string of the molecule is Nc1c(Cl)cc(NC(=O)c2ccc(Cl)cc2)c2c1C(=O)c1ccccc1C2=O. The molecule has 5 nitrogen and oxygen atoms in total. The lowest BCUT2D eigenvalue weighted by molar-refractivity contribution is 0.0979. The van der Waals surface area contributed by atoms with Gasteiger partial charge in [-0.05, 0) is 30.3 Å². The van der Waals surface area contributed by atoms with E-state index < -0.39 is 17.5 Å². The maximum Gasteiger partial charge on any atom is 0.255 e. The monoisotopic (exact) mass is 410 g/mol. The van der Waals surface area contributed by atoms with Crippen LogP contribution < -0.4 is 11.1 Å². The Morgan fingerprint density at radius 2 is 1.43 bits per heavy atom. The molecule has 0 saturated carbocycles. The first-order valence-corrected chi connectivity index (χ1v) is 9.01. The molecule has 28 heavy (non-hydrogen) atoms. The molecular formula is C21H12Cl2N2O3. The standard InChI is InChI=1S/C21H12Cl2N2O3/c22-11-7-5-10(6-8-11)21(28)25-15-9-14(23)18(24)17-16(15)19(26)12-3-1-2-4-13(12)20(17)27/h1-9H,24H2,(H,25,28). The number of fused-ring (bicyclic) bond motifs is 2. The average molecular weight is 411 g/mol. The summed E-state index contributed by atoms with van der Waals surface area (Å²) < 4.78 is 0. The quantitative estimate of drug-likeness (QED) is 0.472. The molecule has 1 amide bonds. The Morgan fingerprint density at radius 3 is 2.04 bits per heavy atom. The van der Waals surface area contributed by atoms with Crippen LogP contribution in [0.25, 0.3) is 0 Å². The summed E-state index contributed by atoms with van der Waals surface area (Å²) in [6.45, 7) is 0. The van der Waals surface area contributed by atoms with E-state index in [1.807, 2.05) is 0 Å². The lowest BCUT2D eigenvalue weighted by Crippen LogP contribution is -2.25. The summed E-state index contributed by atoms with van der Waals surface area (Å²) in [6.07, 6.45) is 0. The van der Waals surface area contributed by atoms with Gasteiger partial charge in [0.05, 0.1) is 27.5 Å².